The summed E-state index contributed by atoms with van der Waals surface area (Å²) in [7, 11) is 1.64. The minimum Gasteiger partial charge on any atom is -0.497 e. The number of halogens is 1. The first-order chi connectivity index (χ1) is 9.62. The SMILES string of the molecule is COc1cc(C)nc(CNc2ccc(C#N)cc2Br)c1. The maximum absolute atomic E-state index is 8.83. The van der Waals surface area contributed by atoms with Gasteiger partial charge in [0.25, 0.3) is 0 Å². The normalized spacial score (nSPS) is 9.90. The quantitative estimate of drug-likeness (QED) is 0.929. The lowest BCUT2D eigenvalue weighted by Crippen LogP contribution is -2.03. The predicted octanol–water partition coefficient (Wildman–Crippen LogP) is 3.64. The van der Waals surface area contributed by atoms with Crippen molar-refractivity contribution in [2.24, 2.45) is 0 Å². The smallest absolute Gasteiger partial charge is 0.122 e. The van der Waals surface area contributed by atoms with Crippen LogP contribution in [0.2, 0.25) is 0 Å². The van der Waals surface area contributed by atoms with Gasteiger partial charge >= 0.3 is 0 Å². The van der Waals surface area contributed by atoms with Gasteiger partial charge in [0.15, 0.2) is 0 Å². The Morgan fingerprint density at radius 3 is 2.80 bits per heavy atom. The van der Waals surface area contributed by atoms with Gasteiger partial charge in [-0.25, -0.2) is 0 Å². The van der Waals surface area contributed by atoms with Gasteiger partial charge in [-0.05, 0) is 41.1 Å². The zero-order valence-electron chi connectivity index (χ0n) is 11.3. The molecule has 0 saturated carbocycles. The monoisotopic (exact) mass is 331 g/mol. The van der Waals surface area contributed by atoms with Gasteiger partial charge < -0.3 is 10.1 Å². The van der Waals surface area contributed by atoms with Gasteiger partial charge in [0.2, 0.25) is 0 Å². The van der Waals surface area contributed by atoms with E-state index in [0.29, 0.717) is 12.1 Å². The summed E-state index contributed by atoms with van der Waals surface area (Å²) < 4.78 is 6.09. The second-order valence-corrected chi connectivity index (χ2v) is 5.15. The summed E-state index contributed by atoms with van der Waals surface area (Å²) in [6.45, 7) is 2.52. The Kier molecular flexibility index (Phi) is 4.59. The lowest BCUT2D eigenvalue weighted by Gasteiger charge is -2.10. The van der Waals surface area contributed by atoms with Gasteiger partial charge in [-0.2, -0.15) is 5.26 Å². The van der Waals surface area contributed by atoms with E-state index in [1.807, 2.05) is 25.1 Å². The number of pyridine rings is 1. The van der Waals surface area contributed by atoms with Crippen LogP contribution in [0.25, 0.3) is 0 Å². The van der Waals surface area contributed by atoms with Crippen LogP contribution in [0.15, 0.2) is 34.8 Å². The predicted molar refractivity (Wildman–Crippen MR) is 81.7 cm³/mol. The van der Waals surface area contributed by atoms with Crippen LogP contribution < -0.4 is 10.1 Å². The summed E-state index contributed by atoms with van der Waals surface area (Å²) in [6.07, 6.45) is 0. The van der Waals surface area contributed by atoms with Crippen molar-refractivity contribution >= 4 is 21.6 Å². The van der Waals surface area contributed by atoms with E-state index in [1.54, 1.807) is 19.2 Å². The number of rotatable bonds is 4. The van der Waals surface area contributed by atoms with E-state index in [9.17, 15) is 0 Å². The second-order valence-electron chi connectivity index (χ2n) is 4.30. The van der Waals surface area contributed by atoms with Crippen LogP contribution in [-0.2, 0) is 6.54 Å². The zero-order valence-corrected chi connectivity index (χ0v) is 12.9. The Bertz CT molecular complexity index is 665. The summed E-state index contributed by atoms with van der Waals surface area (Å²) in [6, 6.07) is 11.3. The molecule has 5 heteroatoms. The van der Waals surface area contributed by atoms with Gasteiger partial charge in [-0.3, -0.25) is 4.98 Å². The lowest BCUT2D eigenvalue weighted by atomic mass is 10.2. The molecule has 1 aromatic heterocycles. The average Bonchev–Trinajstić information content (AvgIpc) is 2.45. The molecule has 4 nitrogen and oxygen atoms in total. The van der Waals surface area contributed by atoms with Crippen molar-refractivity contribution < 1.29 is 4.74 Å². The molecule has 0 aliphatic heterocycles. The summed E-state index contributed by atoms with van der Waals surface area (Å²) in [5.41, 5.74) is 3.36. The highest BCUT2D eigenvalue weighted by Gasteiger charge is 2.04. The molecule has 20 heavy (non-hydrogen) atoms. The van der Waals surface area contributed by atoms with Crippen LogP contribution >= 0.6 is 15.9 Å². The third-order valence-electron chi connectivity index (χ3n) is 2.77. The molecule has 0 radical (unpaired) electrons. The molecule has 2 aromatic rings. The highest BCUT2D eigenvalue weighted by Crippen LogP contribution is 2.24. The number of ether oxygens (including phenoxy) is 1. The summed E-state index contributed by atoms with van der Waals surface area (Å²) in [5, 5.41) is 12.1. The largest absolute Gasteiger partial charge is 0.497 e. The highest BCUT2D eigenvalue weighted by molar-refractivity contribution is 9.10. The maximum Gasteiger partial charge on any atom is 0.122 e. The van der Waals surface area contributed by atoms with Crippen LogP contribution in [-0.4, -0.2) is 12.1 Å². The van der Waals surface area contributed by atoms with Crippen molar-refractivity contribution in [2.45, 2.75) is 13.5 Å². The fourth-order valence-corrected chi connectivity index (χ4v) is 2.34. The number of aryl methyl sites for hydroxylation is 1. The molecule has 0 atom stereocenters. The van der Waals surface area contributed by atoms with E-state index in [0.717, 1.165) is 27.3 Å². The van der Waals surface area contributed by atoms with E-state index in [4.69, 9.17) is 10.00 Å². The highest BCUT2D eigenvalue weighted by atomic mass is 79.9. The Labute approximate surface area is 126 Å². The van der Waals surface area contributed by atoms with Gasteiger partial charge in [-0.15, -0.1) is 0 Å². The summed E-state index contributed by atoms with van der Waals surface area (Å²) >= 11 is 3.45. The molecule has 1 aromatic carbocycles. The molecule has 102 valence electrons. The summed E-state index contributed by atoms with van der Waals surface area (Å²) in [4.78, 5) is 4.45. The number of nitrogens with one attached hydrogen (secondary N) is 1. The van der Waals surface area contributed by atoms with Crippen LogP contribution in [0, 0.1) is 18.3 Å². The number of anilines is 1. The maximum atomic E-state index is 8.83. The van der Waals surface area contributed by atoms with E-state index in [-0.39, 0.29) is 0 Å². The first-order valence-electron chi connectivity index (χ1n) is 6.07. The molecule has 0 aliphatic rings. The third-order valence-corrected chi connectivity index (χ3v) is 3.43. The van der Waals surface area contributed by atoms with Crippen molar-refractivity contribution in [3.8, 4) is 11.8 Å². The topological polar surface area (TPSA) is 57.9 Å². The van der Waals surface area contributed by atoms with Gasteiger partial charge in [0.05, 0.1) is 31.0 Å². The number of benzene rings is 1. The molecule has 2 rings (SSSR count). The number of hydrogen-bond donors (Lipinski definition) is 1. The Morgan fingerprint density at radius 2 is 2.15 bits per heavy atom. The first kappa shape index (κ1) is 14.4. The van der Waals surface area contributed by atoms with Crippen molar-refractivity contribution in [3.63, 3.8) is 0 Å². The Morgan fingerprint density at radius 1 is 1.35 bits per heavy atom. The van der Waals surface area contributed by atoms with Crippen molar-refractivity contribution in [1.82, 2.24) is 4.98 Å². The molecule has 0 amide bonds. The van der Waals surface area contributed by atoms with Crippen molar-refractivity contribution in [3.05, 3.63) is 51.8 Å². The Hall–Kier alpha value is -2.06. The number of methoxy groups -OCH3 is 1. The van der Waals surface area contributed by atoms with E-state index >= 15 is 0 Å². The molecule has 0 fully saturated rings. The molecular formula is C15H14BrN3O. The van der Waals surface area contributed by atoms with Gasteiger partial charge in [0, 0.05) is 28.0 Å². The van der Waals surface area contributed by atoms with Crippen molar-refractivity contribution in [1.29, 1.82) is 5.26 Å². The Balaban J connectivity index is 2.13. The lowest BCUT2D eigenvalue weighted by molar-refractivity contribution is 0.413. The van der Waals surface area contributed by atoms with E-state index in [1.165, 1.54) is 0 Å². The fourth-order valence-electron chi connectivity index (χ4n) is 1.83. The molecule has 1 heterocycles. The molecule has 0 unspecified atom stereocenters. The van der Waals surface area contributed by atoms with Crippen LogP contribution in [0.4, 0.5) is 5.69 Å². The molecule has 0 aliphatic carbocycles. The van der Waals surface area contributed by atoms with Crippen LogP contribution in [0.1, 0.15) is 17.0 Å². The van der Waals surface area contributed by atoms with Crippen LogP contribution in [0.5, 0.6) is 5.75 Å². The third kappa shape index (κ3) is 3.49. The fraction of sp³-hybridized carbons (Fsp3) is 0.200. The average molecular weight is 332 g/mol. The van der Waals surface area contributed by atoms with Gasteiger partial charge in [-0.1, -0.05) is 0 Å². The molecule has 0 bridgehead atoms. The number of hydrogen-bond acceptors (Lipinski definition) is 4. The molecule has 0 spiro atoms. The first-order valence-corrected chi connectivity index (χ1v) is 6.87. The molecule has 0 saturated heterocycles. The number of nitrogens with zero attached hydrogens (tertiary/aromatic N) is 2. The van der Waals surface area contributed by atoms with Gasteiger partial charge in [0.1, 0.15) is 5.75 Å². The number of nitriles is 1. The number of aromatic nitrogens is 1. The second kappa shape index (κ2) is 6.40. The van der Waals surface area contributed by atoms with Crippen molar-refractivity contribution in [2.75, 3.05) is 12.4 Å². The molecule has 1 N–H and O–H groups in total. The van der Waals surface area contributed by atoms with E-state index < -0.39 is 0 Å². The summed E-state index contributed by atoms with van der Waals surface area (Å²) in [5.74, 6) is 0.799. The molecular weight excluding hydrogens is 318 g/mol. The minimum absolute atomic E-state index is 0.586. The minimum atomic E-state index is 0.586. The van der Waals surface area contributed by atoms with Crippen LogP contribution in [0.3, 0.4) is 0 Å². The zero-order chi connectivity index (χ0) is 14.5. The van der Waals surface area contributed by atoms with E-state index in [2.05, 4.69) is 32.3 Å². The standard InChI is InChI=1S/C15H14BrN3O/c1-10-5-13(20-2)7-12(19-10)9-18-15-4-3-11(8-17)6-14(15)16/h3-7,18H,9H2,1-2H3.